The first-order valence-electron chi connectivity index (χ1n) is 18.2. The van der Waals surface area contributed by atoms with E-state index in [-0.39, 0.29) is 46.9 Å². The molecule has 9 heteroatoms. The quantitative estimate of drug-likeness (QED) is 0.197. The molecule has 0 amide bonds. The first-order valence-corrected chi connectivity index (χ1v) is 18.2. The van der Waals surface area contributed by atoms with Crippen LogP contribution in [0, 0.1) is 58.2 Å². The van der Waals surface area contributed by atoms with E-state index < -0.39 is 47.0 Å². The van der Waals surface area contributed by atoms with Crippen molar-refractivity contribution >= 4 is 5.78 Å². The lowest BCUT2D eigenvalue weighted by Gasteiger charge is -2.63. The lowest BCUT2D eigenvalue weighted by Crippen LogP contribution is -2.66. The number of methoxy groups -OCH3 is 1. The summed E-state index contributed by atoms with van der Waals surface area (Å²) in [7, 11) is 3.57. The van der Waals surface area contributed by atoms with E-state index in [1.807, 2.05) is 14.0 Å². The fraction of sp³-hybridized carbons (Fsp3) is 0.868. The van der Waals surface area contributed by atoms with E-state index in [4.69, 9.17) is 14.2 Å². The van der Waals surface area contributed by atoms with Gasteiger partial charge >= 0.3 is 0 Å². The van der Waals surface area contributed by atoms with E-state index in [2.05, 4.69) is 31.0 Å². The maximum Gasteiger partial charge on any atom is 0.159 e. The highest BCUT2D eigenvalue weighted by Crippen LogP contribution is 2.71. The van der Waals surface area contributed by atoms with Crippen LogP contribution in [0.4, 0.5) is 0 Å². The van der Waals surface area contributed by atoms with Crippen LogP contribution in [0.2, 0.25) is 0 Å². The third-order valence-electron chi connectivity index (χ3n) is 14.4. The van der Waals surface area contributed by atoms with Crippen LogP contribution in [0.25, 0.3) is 0 Å². The Kier molecular flexibility index (Phi) is 9.87. The first kappa shape index (κ1) is 35.5. The Morgan fingerprint density at radius 1 is 1.06 bits per heavy atom. The van der Waals surface area contributed by atoms with E-state index in [0.29, 0.717) is 45.4 Å². The third-order valence-corrected chi connectivity index (χ3v) is 14.4. The normalized spacial score (nSPS) is 50.6. The Balaban J connectivity index is 1.37. The van der Waals surface area contributed by atoms with Gasteiger partial charge in [-0.15, -0.1) is 5.92 Å². The highest BCUT2D eigenvalue weighted by atomic mass is 16.5. The smallest absolute Gasteiger partial charge is 0.159 e. The van der Waals surface area contributed by atoms with Crippen molar-refractivity contribution in [1.29, 1.82) is 0 Å². The molecule has 6 rings (SSSR count). The second kappa shape index (κ2) is 13.1. The van der Waals surface area contributed by atoms with Gasteiger partial charge in [-0.2, -0.15) is 0 Å². The van der Waals surface area contributed by atoms with Gasteiger partial charge in [0.1, 0.15) is 12.2 Å². The molecule has 1 saturated heterocycles. The van der Waals surface area contributed by atoms with E-state index in [1.54, 1.807) is 20.1 Å². The number of ether oxygens (including phenoxy) is 3. The summed E-state index contributed by atoms with van der Waals surface area (Å²) in [5, 5.41) is 52.1. The summed E-state index contributed by atoms with van der Waals surface area (Å²) >= 11 is 0. The molecule has 2 bridgehead atoms. The molecule has 9 nitrogen and oxygen atoms in total. The zero-order chi connectivity index (χ0) is 33.9. The van der Waals surface area contributed by atoms with Gasteiger partial charge in [-0.1, -0.05) is 26.7 Å². The van der Waals surface area contributed by atoms with Gasteiger partial charge in [0, 0.05) is 38.1 Å². The highest BCUT2D eigenvalue weighted by Gasteiger charge is 2.72. The lowest BCUT2D eigenvalue weighted by molar-refractivity contribution is -0.212. The standard InChI is InChI=1S/C38H59NO8/c1-22-25(13-16-39-5)33-34(42)37(4,43)31-12-15-38(44)27-21-30(41)28-20-24(46-18-8-17-45-6)11-14-35(28,2)26(27)19-23(36(31,38)3)9-7-10-29(40)32(22)47-33/h21-26,28-29,31-34,39-40,42-44H,8-9,11-20H2,1-6H3/t22-,23+,24+,25-,26+,28+,29+,31+,32+,33+,34-,35-,36-,37+,38-/m1/s1. The lowest BCUT2D eigenvalue weighted by atomic mass is 9.43. The van der Waals surface area contributed by atoms with Crippen molar-refractivity contribution in [2.24, 2.45) is 46.3 Å². The molecular formula is C38H59NO8. The average Bonchev–Trinajstić information content (AvgIpc) is 3.52. The van der Waals surface area contributed by atoms with Crippen LogP contribution in [0.1, 0.15) is 85.5 Å². The zero-order valence-electron chi connectivity index (χ0n) is 29.3. The van der Waals surface area contributed by atoms with Crippen LogP contribution >= 0.6 is 0 Å². The number of carbonyl (C=O) groups is 1. The number of rotatable bonds is 8. The summed E-state index contributed by atoms with van der Waals surface area (Å²) < 4.78 is 17.8. The molecule has 3 saturated carbocycles. The summed E-state index contributed by atoms with van der Waals surface area (Å²) in [5.41, 5.74) is -3.32. The van der Waals surface area contributed by atoms with Gasteiger partial charge in [-0.25, -0.2) is 0 Å². The van der Waals surface area contributed by atoms with Gasteiger partial charge in [-0.05, 0) is 119 Å². The van der Waals surface area contributed by atoms with Gasteiger partial charge in [-0.3, -0.25) is 4.79 Å². The monoisotopic (exact) mass is 657 g/mol. The van der Waals surface area contributed by atoms with E-state index >= 15 is 0 Å². The SMILES string of the molecule is CNCC[C@@H]1[C@@H](C)[C@@H]2O[C@@H]1[C@@H](O)[C@@](C)(O)[C@H]1CC[C@@]3(O)C4=CC(=O)[C@@H]5C[C@@H](OCCCOC)CC[C@]5(C)[C@H]4C[C@H](CC#C[C@@H]2O)[C@]13C. The van der Waals surface area contributed by atoms with Crippen molar-refractivity contribution in [2.75, 3.05) is 33.9 Å². The van der Waals surface area contributed by atoms with Gasteiger partial charge in [0.15, 0.2) is 5.78 Å². The van der Waals surface area contributed by atoms with Crippen LogP contribution in [0.5, 0.6) is 0 Å². The van der Waals surface area contributed by atoms with E-state index in [0.717, 1.165) is 37.7 Å². The summed E-state index contributed by atoms with van der Waals surface area (Å²) in [5.74, 6) is 5.55. The molecule has 0 spiro atoms. The van der Waals surface area contributed by atoms with Crippen LogP contribution in [-0.4, -0.2) is 102 Å². The summed E-state index contributed by atoms with van der Waals surface area (Å²) in [4.78, 5) is 14.0. The van der Waals surface area contributed by atoms with Crippen LogP contribution in [0.15, 0.2) is 11.6 Å². The number of allylic oxidation sites excluding steroid dienone is 1. The zero-order valence-corrected chi connectivity index (χ0v) is 29.3. The molecule has 0 aromatic heterocycles. The second-order valence-electron chi connectivity index (χ2n) is 16.5. The topological polar surface area (TPSA) is 138 Å². The maximum absolute atomic E-state index is 14.0. The predicted molar refractivity (Wildman–Crippen MR) is 177 cm³/mol. The number of nitrogens with one attached hydrogen (secondary N) is 1. The van der Waals surface area contributed by atoms with Crippen molar-refractivity contribution in [3.05, 3.63) is 11.6 Å². The first-order chi connectivity index (χ1) is 22.3. The molecule has 4 fully saturated rings. The Morgan fingerprint density at radius 2 is 1.83 bits per heavy atom. The average molecular weight is 658 g/mol. The number of ketones is 1. The number of hydrogen-bond donors (Lipinski definition) is 5. The predicted octanol–water partition coefficient (Wildman–Crippen LogP) is 3.02. The van der Waals surface area contributed by atoms with Crippen molar-refractivity contribution in [3.63, 3.8) is 0 Å². The summed E-state index contributed by atoms with van der Waals surface area (Å²) in [6.07, 6.45) is 4.24. The van der Waals surface area contributed by atoms with Crippen LogP contribution in [-0.2, 0) is 19.0 Å². The molecule has 4 aliphatic carbocycles. The largest absolute Gasteiger partial charge is 0.387 e. The third kappa shape index (κ3) is 5.49. The Bertz CT molecular complexity index is 1270. The number of aliphatic hydroxyl groups excluding tert-OH is 2. The van der Waals surface area contributed by atoms with Gasteiger partial charge in [0.2, 0.25) is 0 Å². The van der Waals surface area contributed by atoms with Crippen LogP contribution < -0.4 is 5.32 Å². The molecule has 0 radical (unpaired) electrons. The van der Waals surface area contributed by atoms with Gasteiger partial charge in [0.25, 0.3) is 0 Å². The summed E-state index contributed by atoms with van der Waals surface area (Å²) in [6, 6.07) is 0. The van der Waals surface area contributed by atoms with Gasteiger partial charge in [0.05, 0.1) is 29.5 Å². The molecular weight excluding hydrogens is 598 g/mol. The fourth-order valence-corrected chi connectivity index (χ4v) is 11.6. The van der Waals surface area contributed by atoms with Crippen molar-refractivity contribution < 1.29 is 39.4 Å². The minimum Gasteiger partial charge on any atom is -0.387 e. The molecule has 5 N–H and O–H groups in total. The second-order valence-corrected chi connectivity index (χ2v) is 16.5. The molecule has 6 aliphatic rings. The molecule has 2 aliphatic heterocycles. The number of fused-ring (bicyclic) bond motifs is 6. The minimum atomic E-state index is -1.59. The Morgan fingerprint density at radius 3 is 2.55 bits per heavy atom. The van der Waals surface area contributed by atoms with Crippen molar-refractivity contribution in [1.82, 2.24) is 5.32 Å². The van der Waals surface area contributed by atoms with Crippen molar-refractivity contribution in [2.45, 2.75) is 127 Å². The minimum absolute atomic E-state index is 0.0126. The van der Waals surface area contributed by atoms with E-state index in [9.17, 15) is 25.2 Å². The van der Waals surface area contributed by atoms with Gasteiger partial charge < -0.3 is 40.0 Å². The Hall–Kier alpha value is -1.35. The number of carbonyl (C=O) groups excluding carboxylic acids is 1. The molecule has 47 heavy (non-hydrogen) atoms. The highest BCUT2D eigenvalue weighted by molar-refractivity contribution is 5.95. The molecule has 0 unspecified atom stereocenters. The molecule has 2 heterocycles. The molecule has 15 atom stereocenters. The number of hydrogen-bond acceptors (Lipinski definition) is 9. The number of aliphatic hydroxyl groups is 4. The maximum atomic E-state index is 14.0. The molecule has 0 aromatic carbocycles. The molecule has 264 valence electrons. The van der Waals surface area contributed by atoms with Crippen molar-refractivity contribution in [3.8, 4) is 11.8 Å². The Labute approximate surface area is 281 Å². The molecule has 0 aromatic rings. The van der Waals surface area contributed by atoms with E-state index in [1.165, 1.54) is 0 Å². The summed E-state index contributed by atoms with van der Waals surface area (Å²) in [6.45, 7) is 10.0. The van der Waals surface area contributed by atoms with Crippen LogP contribution in [0.3, 0.4) is 0 Å². The fourth-order valence-electron chi connectivity index (χ4n) is 11.6.